The maximum Gasteiger partial charge on any atom is 0.197 e. The number of ketones is 1. The monoisotopic (exact) mass is 151 g/mol. The van der Waals surface area contributed by atoms with E-state index in [9.17, 15) is 4.79 Å². The fourth-order valence-corrected chi connectivity index (χ4v) is 1.71. The average molecular weight is 151 g/mol. The van der Waals surface area contributed by atoms with Crippen LogP contribution in [0.3, 0.4) is 0 Å². The minimum atomic E-state index is 0.101. The van der Waals surface area contributed by atoms with Crippen LogP contribution in [0.25, 0.3) is 0 Å². The van der Waals surface area contributed by atoms with Crippen molar-refractivity contribution in [3.05, 3.63) is 28.2 Å². The molecule has 0 saturated heterocycles. The van der Waals surface area contributed by atoms with Crippen molar-refractivity contribution >= 4 is 17.1 Å². The van der Waals surface area contributed by atoms with E-state index in [1.807, 2.05) is 6.08 Å². The van der Waals surface area contributed by atoms with Crippen molar-refractivity contribution in [1.82, 2.24) is 4.98 Å². The molecule has 50 valence electrons. The highest BCUT2D eigenvalue weighted by molar-refractivity contribution is 7.12. The average Bonchev–Trinajstić information content (AvgIpc) is 2.36. The largest absolute Gasteiger partial charge is 0.288 e. The number of nitrogens with zero attached hydrogens (tertiary/aromatic N) is 1. The van der Waals surface area contributed by atoms with Gasteiger partial charge < -0.3 is 0 Å². The van der Waals surface area contributed by atoms with Crippen molar-refractivity contribution in [1.29, 1.82) is 0 Å². The quantitative estimate of drug-likeness (QED) is 0.561. The van der Waals surface area contributed by atoms with Crippen LogP contribution in [0.2, 0.25) is 0 Å². The van der Waals surface area contributed by atoms with E-state index in [1.165, 1.54) is 11.3 Å². The fraction of sp³-hybridized carbons (Fsp3) is 0.143. The van der Waals surface area contributed by atoms with Gasteiger partial charge in [-0.2, -0.15) is 0 Å². The molecule has 0 atom stereocenters. The number of carbonyl (C=O) groups excluding carboxylic acids is 1. The highest BCUT2D eigenvalue weighted by atomic mass is 32.1. The lowest BCUT2D eigenvalue weighted by Crippen LogP contribution is -2.01. The zero-order chi connectivity index (χ0) is 6.97. The van der Waals surface area contributed by atoms with Gasteiger partial charge in [-0.25, -0.2) is 4.98 Å². The molecule has 1 aliphatic rings. The summed E-state index contributed by atoms with van der Waals surface area (Å²) in [6, 6.07) is 0. The summed E-state index contributed by atoms with van der Waals surface area (Å²) < 4.78 is 0. The second-order valence-electron chi connectivity index (χ2n) is 2.10. The number of hydrogen-bond donors (Lipinski definition) is 0. The summed E-state index contributed by atoms with van der Waals surface area (Å²) in [5.74, 6) is 0.101. The summed E-state index contributed by atoms with van der Waals surface area (Å²) in [5, 5.41) is 0. The van der Waals surface area contributed by atoms with Gasteiger partial charge in [-0.1, -0.05) is 6.08 Å². The van der Waals surface area contributed by atoms with E-state index in [0.717, 1.165) is 17.0 Å². The van der Waals surface area contributed by atoms with E-state index in [-0.39, 0.29) is 5.78 Å². The van der Waals surface area contributed by atoms with Gasteiger partial charge in [0, 0.05) is 6.42 Å². The van der Waals surface area contributed by atoms with Crippen LogP contribution in [-0.2, 0) is 6.42 Å². The number of hydrogen-bond acceptors (Lipinski definition) is 3. The number of aromatic nitrogens is 1. The third-order valence-electron chi connectivity index (χ3n) is 1.45. The zero-order valence-corrected chi connectivity index (χ0v) is 6.02. The third kappa shape index (κ3) is 0.708. The van der Waals surface area contributed by atoms with Crippen LogP contribution in [0.5, 0.6) is 0 Å². The lowest BCUT2D eigenvalue weighted by molar-refractivity contribution is 0.104. The van der Waals surface area contributed by atoms with E-state index in [2.05, 4.69) is 4.98 Å². The van der Waals surface area contributed by atoms with Crippen LogP contribution in [0.1, 0.15) is 15.4 Å². The standard InChI is InChI=1S/C7H5NOS/c9-6-3-1-2-5-7(6)10-4-8-5/h1,3-4H,2H2. The first-order valence-corrected chi connectivity index (χ1v) is 3.89. The minimum Gasteiger partial charge on any atom is -0.288 e. The Labute approximate surface area is 62.2 Å². The van der Waals surface area contributed by atoms with Crippen molar-refractivity contribution in [2.75, 3.05) is 0 Å². The molecule has 3 heteroatoms. The Morgan fingerprint density at radius 3 is 3.30 bits per heavy atom. The lowest BCUT2D eigenvalue weighted by Gasteiger charge is -1.99. The Kier molecular flexibility index (Phi) is 1.17. The molecule has 10 heavy (non-hydrogen) atoms. The van der Waals surface area contributed by atoms with Crippen LogP contribution in [0.15, 0.2) is 17.7 Å². The zero-order valence-electron chi connectivity index (χ0n) is 5.20. The normalized spacial score (nSPS) is 15.4. The van der Waals surface area contributed by atoms with Crippen LogP contribution in [0.4, 0.5) is 0 Å². The molecule has 0 aromatic carbocycles. The topological polar surface area (TPSA) is 30.0 Å². The molecule has 1 heterocycles. The van der Waals surface area contributed by atoms with Gasteiger partial charge in [0.1, 0.15) is 0 Å². The van der Waals surface area contributed by atoms with Crippen molar-refractivity contribution in [3.8, 4) is 0 Å². The molecular formula is C7H5NOS. The van der Waals surface area contributed by atoms with E-state index < -0.39 is 0 Å². The number of fused-ring (bicyclic) bond motifs is 1. The van der Waals surface area contributed by atoms with Gasteiger partial charge in [-0.15, -0.1) is 11.3 Å². The van der Waals surface area contributed by atoms with E-state index >= 15 is 0 Å². The minimum absolute atomic E-state index is 0.101. The number of allylic oxidation sites excluding steroid dienone is 2. The molecule has 0 fully saturated rings. The second-order valence-corrected chi connectivity index (χ2v) is 2.95. The van der Waals surface area contributed by atoms with Gasteiger partial charge in [0.2, 0.25) is 0 Å². The molecular weight excluding hydrogens is 146 g/mol. The Bertz CT molecular complexity index is 300. The van der Waals surface area contributed by atoms with Gasteiger partial charge in [0.05, 0.1) is 16.1 Å². The van der Waals surface area contributed by atoms with Gasteiger partial charge in [-0.3, -0.25) is 4.79 Å². The maximum atomic E-state index is 11.0. The highest BCUT2D eigenvalue weighted by Gasteiger charge is 2.14. The molecule has 0 radical (unpaired) electrons. The van der Waals surface area contributed by atoms with Crippen LogP contribution in [0, 0.1) is 0 Å². The van der Waals surface area contributed by atoms with Gasteiger partial charge >= 0.3 is 0 Å². The van der Waals surface area contributed by atoms with Crippen molar-refractivity contribution in [2.45, 2.75) is 6.42 Å². The fourth-order valence-electron chi connectivity index (χ4n) is 0.968. The lowest BCUT2D eigenvalue weighted by atomic mass is 10.1. The molecule has 0 unspecified atom stereocenters. The smallest absolute Gasteiger partial charge is 0.197 e. The summed E-state index contributed by atoms with van der Waals surface area (Å²) in [7, 11) is 0. The molecule has 0 aliphatic heterocycles. The molecule has 0 N–H and O–H groups in total. The summed E-state index contributed by atoms with van der Waals surface area (Å²) in [5.41, 5.74) is 2.65. The molecule has 0 amide bonds. The molecule has 2 nitrogen and oxygen atoms in total. The molecule has 2 rings (SSSR count). The molecule has 1 aromatic heterocycles. The molecule has 1 aromatic rings. The van der Waals surface area contributed by atoms with Gasteiger partial charge in [-0.05, 0) is 6.08 Å². The summed E-state index contributed by atoms with van der Waals surface area (Å²) >= 11 is 1.42. The van der Waals surface area contributed by atoms with Gasteiger partial charge in [0.25, 0.3) is 0 Å². The summed E-state index contributed by atoms with van der Waals surface area (Å²) in [4.78, 5) is 15.9. The Morgan fingerprint density at radius 1 is 1.60 bits per heavy atom. The maximum absolute atomic E-state index is 11.0. The van der Waals surface area contributed by atoms with E-state index in [4.69, 9.17) is 0 Å². The Balaban J connectivity index is 2.58. The van der Waals surface area contributed by atoms with Crippen molar-refractivity contribution < 1.29 is 4.79 Å². The SMILES string of the molecule is O=C1C=CCc2ncsc21. The van der Waals surface area contributed by atoms with E-state index in [1.54, 1.807) is 11.6 Å². The first-order chi connectivity index (χ1) is 4.88. The van der Waals surface area contributed by atoms with Crippen LogP contribution >= 0.6 is 11.3 Å². The van der Waals surface area contributed by atoms with Crippen LogP contribution in [-0.4, -0.2) is 10.8 Å². The first kappa shape index (κ1) is 5.80. The second kappa shape index (κ2) is 2.02. The van der Waals surface area contributed by atoms with E-state index in [0.29, 0.717) is 0 Å². The predicted octanol–water partition coefficient (Wildman–Crippen LogP) is 1.44. The van der Waals surface area contributed by atoms with Crippen LogP contribution < -0.4 is 0 Å². The number of carbonyl (C=O) groups is 1. The predicted molar refractivity (Wildman–Crippen MR) is 39.3 cm³/mol. The summed E-state index contributed by atoms with van der Waals surface area (Å²) in [6.07, 6.45) is 4.27. The molecule has 0 spiro atoms. The Morgan fingerprint density at radius 2 is 2.50 bits per heavy atom. The Hall–Kier alpha value is -0.960. The number of thiazole rings is 1. The third-order valence-corrected chi connectivity index (χ3v) is 2.33. The first-order valence-electron chi connectivity index (χ1n) is 3.01. The molecule has 1 aliphatic carbocycles. The molecule has 0 bridgehead atoms. The highest BCUT2D eigenvalue weighted by Crippen LogP contribution is 2.18. The summed E-state index contributed by atoms with van der Waals surface area (Å²) in [6.45, 7) is 0. The molecule has 0 saturated carbocycles. The number of rotatable bonds is 0. The van der Waals surface area contributed by atoms with Crippen molar-refractivity contribution in [3.63, 3.8) is 0 Å². The van der Waals surface area contributed by atoms with Crippen molar-refractivity contribution in [2.24, 2.45) is 0 Å². The van der Waals surface area contributed by atoms with Gasteiger partial charge in [0.15, 0.2) is 5.78 Å².